The minimum atomic E-state index is -1.45. The van der Waals surface area contributed by atoms with Gasteiger partial charge in [-0.1, -0.05) is 48.9 Å². The molecule has 0 bridgehead atoms. The monoisotopic (exact) mass is 384 g/mol. The number of aliphatic hydroxyl groups excluding tert-OH is 1. The highest BCUT2D eigenvalue weighted by molar-refractivity contribution is 5.64. The fourth-order valence-electron chi connectivity index (χ4n) is 2.92. The van der Waals surface area contributed by atoms with E-state index < -0.39 is 11.9 Å². The maximum Gasteiger partial charge on any atom is 0.178 e. The zero-order valence-corrected chi connectivity index (χ0v) is 17.1. The first-order valence-corrected chi connectivity index (χ1v) is 9.82. The SMILES string of the molecule is CC(=CCCCCC(C)(C)O)c1cccc(OCc2ccc(C(O)O)cc2)c1. The van der Waals surface area contributed by atoms with Crippen LogP contribution in [0.2, 0.25) is 0 Å². The van der Waals surface area contributed by atoms with E-state index >= 15 is 0 Å². The van der Waals surface area contributed by atoms with E-state index in [1.165, 1.54) is 5.57 Å². The summed E-state index contributed by atoms with van der Waals surface area (Å²) in [4.78, 5) is 0. The summed E-state index contributed by atoms with van der Waals surface area (Å²) in [5, 5.41) is 28.0. The molecule has 0 spiro atoms. The Morgan fingerprint density at radius 1 is 1.07 bits per heavy atom. The van der Waals surface area contributed by atoms with E-state index in [0.717, 1.165) is 42.6 Å². The van der Waals surface area contributed by atoms with Crippen molar-refractivity contribution in [3.05, 3.63) is 71.3 Å². The van der Waals surface area contributed by atoms with Crippen molar-refractivity contribution in [2.75, 3.05) is 0 Å². The van der Waals surface area contributed by atoms with E-state index in [1.807, 2.05) is 44.2 Å². The quantitative estimate of drug-likeness (QED) is 0.399. The Labute approximate surface area is 168 Å². The Morgan fingerprint density at radius 3 is 2.43 bits per heavy atom. The smallest absolute Gasteiger partial charge is 0.178 e. The first kappa shape index (κ1) is 22.2. The predicted octanol–water partition coefficient (Wildman–Crippen LogP) is 4.98. The third-order valence-electron chi connectivity index (χ3n) is 4.67. The highest BCUT2D eigenvalue weighted by Crippen LogP contribution is 2.22. The summed E-state index contributed by atoms with van der Waals surface area (Å²) < 4.78 is 5.88. The molecule has 2 aromatic carbocycles. The van der Waals surface area contributed by atoms with Gasteiger partial charge in [-0.2, -0.15) is 0 Å². The van der Waals surface area contributed by atoms with Crippen LogP contribution in [0, 0.1) is 0 Å². The van der Waals surface area contributed by atoms with Crippen molar-refractivity contribution < 1.29 is 20.1 Å². The van der Waals surface area contributed by atoms with Crippen LogP contribution in [0.1, 0.15) is 69.4 Å². The fourth-order valence-corrected chi connectivity index (χ4v) is 2.92. The normalized spacial score (nSPS) is 12.5. The number of unbranched alkanes of at least 4 members (excludes halogenated alkanes) is 2. The molecule has 0 atom stereocenters. The molecule has 0 aliphatic rings. The van der Waals surface area contributed by atoms with Gasteiger partial charge in [0.15, 0.2) is 6.29 Å². The Bertz CT molecular complexity index is 755. The maximum absolute atomic E-state index is 9.75. The van der Waals surface area contributed by atoms with Gasteiger partial charge in [0.2, 0.25) is 0 Å². The van der Waals surface area contributed by atoms with Crippen molar-refractivity contribution in [1.29, 1.82) is 0 Å². The molecule has 0 fully saturated rings. The first-order chi connectivity index (χ1) is 13.2. The number of benzene rings is 2. The number of aliphatic hydroxyl groups is 3. The lowest BCUT2D eigenvalue weighted by Gasteiger charge is -2.16. The molecule has 2 aromatic rings. The van der Waals surface area contributed by atoms with Crippen molar-refractivity contribution in [3.63, 3.8) is 0 Å². The molecule has 0 saturated carbocycles. The number of ether oxygens (including phenoxy) is 1. The van der Waals surface area contributed by atoms with Crippen LogP contribution in [0.3, 0.4) is 0 Å². The largest absolute Gasteiger partial charge is 0.489 e. The number of hydrogen-bond acceptors (Lipinski definition) is 4. The summed E-state index contributed by atoms with van der Waals surface area (Å²) in [5.41, 5.74) is 3.21. The lowest BCUT2D eigenvalue weighted by atomic mass is 9.99. The number of allylic oxidation sites excluding steroid dienone is 2. The zero-order chi connectivity index (χ0) is 20.6. The van der Waals surface area contributed by atoms with Crippen molar-refractivity contribution in [2.45, 2.75) is 65.0 Å². The Morgan fingerprint density at radius 2 is 1.79 bits per heavy atom. The molecule has 0 amide bonds. The van der Waals surface area contributed by atoms with Crippen molar-refractivity contribution in [3.8, 4) is 5.75 Å². The Kier molecular flexibility index (Phi) is 8.24. The molecule has 0 unspecified atom stereocenters. The van der Waals surface area contributed by atoms with E-state index in [-0.39, 0.29) is 0 Å². The highest BCUT2D eigenvalue weighted by Gasteiger charge is 2.10. The minimum absolute atomic E-state index is 0.422. The molecule has 3 N–H and O–H groups in total. The molecule has 4 heteroatoms. The first-order valence-electron chi connectivity index (χ1n) is 9.82. The summed E-state index contributed by atoms with van der Waals surface area (Å²) >= 11 is 0. The second kappa shape index (κ2) is 10.4. The van der Waals surface area contributed by atoms with Crippen LogP contribution in [-0.4, -0.2) is 20.9 Å². The third-order valence-corrected chi connectivity index (χ3v) is 4.67. The van der Waals surface area contributed by atoms with Gasteiger partial charge >= 0.3 is 0 Å². The van der Waals surface area contributed by atoms with Crippen LogP contribution in [0.15, 0.2) is 54.6 Å². The van der Waals surface area contributed by atoms with Gasteiger partial charge in [0.25, 0.3) is 0 Å². The fraction of sp³-hybridized carbons (Fsp3) is 0.417. The van der Waals surface area contributed by atoms with E-state index in [0.29, 0.717) is 12.2 Å². The average molecular weight is 385 g/mol. The molecule has 0 saturated heterocycles. The van der Waals surface area contributed by atoms with Crippen molar-refractivity contribution in [1.82, 2.24) is 0 Å². The van der Waals surface area contributed by atoms with Crippen molar-refractivity contribution >= 4 is 5.57 Å². The molecule has 0 radical (unpaired) electrons. The average Bonchev–Trinajstić information content (AvgIpc) is 2.65. The molecule has 0 aromatic heterocycles. The van der Waals surface area contributed by atoms with Crippen LogP contribution in [0.4, 0.5) is 0 Å². The standard InChI is InChI=1S/C24H32O4/c1-18(8-5-4-6-15-24(2,3)27)21-9-7-10-22(16-21)28-17-19-11-13-20(14-12-19)23(25)26/h7-14,16,23,25-27H,4-6,15,17H2,1-3H3. The van der Waals surface area contributed by atoms with Gasteiger partial charge < -0.3 is 20.1 Å². The van der Waals surface area contributed by atoms with Crippen LogP contribution in [0.25, 0.3) is 5.57 Å². The summed E-state index contributed by atoms with van der Waals surface area (Å²) in [7, 11) is 0. The lowest BCUT2D eigenvalue weighted by Crippen LogP contribution is -2.17. The van der Waals surface area contributed by atoms with E-state index in [9.17, 15) is 5.11 Å². The van der Waals surface area contributed by atoms with Gasteiger partial charge in [-0.3, -0.25) is 0 Å². The van der Waals surface area contributed by atoms with Gasteiger partial charge in [0.05, 0.1) is 5.60 Å². The van der Waals surface area contributed by atoms with Crippen LogP contribution in [0.5, 0.6) is 5.75 Å². The van der Waals surface area contributed by atoms with E-state index in [1.54, 1.807) is 12.1 Å². The number of rotatable bonds is 10. The molecule has 4 nitrogen and oxygen atoms in total. The molecule has 0 aliphatic heterocycles. The molecule has 0 aliphatic carbocycles. The van der Waals surface area contributed by atoms with Gasteiger partial charge in [0.1, 0.15) is 12.4 Å². The van der Waals surface area contributed by atoms with Crippen molar-refractivity contribution in [2.24, 2.45) is 0 Å². The van der Waals surface area contributed by atoms with Gasteiger partial charge in [-0.15, -0.1) is 0 Å². The molecule has 2 rings (SSSR count). The Hall–Kier alpha value is -2.14. The lowest BCUT2D eigenvalue weighted by molar-refractivity contribution is -0.0425. The minimum Gasteiger partial charge on any atom is -0.489 e. The molecular weight excluding hydrogens is 352 g/mol. The third kappa shape index (κ3) is 7.85. The number of hydrogen-bond donors (Lipinski definition) is 3. The summed E-state index contributed by atoms with van der Waals surface area (Å²) in [5.74, 6) is 0.804. The van der Waals surface area contributed by atoms with Gasteiger partial charge in [0, 0.05) is 5.56 Å². The highest BCUT2D eigenvalue weighted by atomic mass is 16.5. The van der Waals surface area contributed by atoms with Gasteiger partial charge in [-0.25, -0.2) is 0 Å². The van der Waals surface area contributed by atoms with Crippen LogP contribution in [-0.2, 0) is 6.61 Å². The second-order valence-electron chi connectivity index (χ2n) is 7.88. The summed E-state index contributed by atoms with van der Waals surface area (Å²) in [6, 6.07) is 15.1. The van der Waals surface area contributed by atoms with E-state index in [4.69, 9.17) is 14.9 Å². The topological polar surface area (TPSA) is 69.9 Å². The molecule has 152 valence electrons. The summed E-state index contributed by atoms with van der Waals surface area (Å²) in [6.07, 6.45) is 4.69. The van der Waals surface area contributed by atoms with E-state index in [2.05, 4.69) is 19.1 Å². The molecular formula is C24H32O4. The predicted molar refractivity (Wildman–Crippen MR) is 113 cm³/mol. The maximum atomic E-state index is 9.75. The summed E-state index contributed by atoms with van der Waals surface area (Å²) in [6.45, 7) is 6.23. The second-order valence-corrected chi connectivity index (χ2v) is 7.88. The molecule has 28 heavy (non-hydrogen) atoms. The molecule has 0 heterocycles. The van der Waals surface area contributed by atoms with Crippen LogP contribution >= 0.6 is 0 Å². The van der Waals surface area contributed by atoms with Crippen LogP contribution < -0.4 is 4.74 Å². The zero-order valence-electron chi connectivity index (χ0n) is 17.1. The Balaban J connectivity index is 1.87. The van der Waals surface area contributed by atoms with Gasteiger partial charge in [-0.05, 0) is 68.9 Å².